The fourth-order valence-corrected chi connectivity index (χ4v) is 3.11. The van der Waals surface area contributed by atoms with Crippen LogP contribution >= 0.6 is 0 Å². The molecule has 0 atom stereocenters. The molecule has 0 saturated carbocycles. The van der Waals surface area contributed by atoms with E-state index in [0.29, 0.717) is 6.42 Å². The highest BCUT2D eigenvalue weighted by molar-refractivity contribution is 5.83. The number of benzene rings is 2. The van der Waals surface area contributed by atoms with Crippen LogP contribution in [0.1, 0.15) is 35.1 Å². The number of amides is 1. The molecule has 4 nitrogen and oxygen atoms in total. The topological polar surface area (TPSA) is 50.7 Å². The molecule has 0 heterocycles. The van der Waals surface area contributed by atoms with Crippen molar-refractivity contribution < 1.29 is 9.53 Å². The first-order chi connectivity index (χ1) is 11.8. The Morgan fingerprint density at radius 3 is 2.75 bits per heavy atom. The van der Waals surface area contributed by atoms with Crippen LogP contribution in [0.25, 0.3) is 0 Å². The zero-order valence-electron chi connectivity index (χ0n) is 13.9. The standard InChI is InChI=1S/C20H22N2O2/c1-24-18-11-9-15(10-12-18)14-21-22-20(23)13-17-7-4-6-16-5-2-3-8-19(16)17/h4,6-7,9-12,14H,2-3,5,8,13H2,1H3,(H,22,23)/b21-14+. The highest BCUT2D eigenvalue weighted by atomic mass is 16.5. The molecule has 0 aromatic heterocycles. The van der Waals surface area contributed by atoms with Gasteiger partial charge in [-0.05, 0) is 72.2 Å². The van der Waals surface area contributed by atoms with Crippen LogP contribution in [0.3, 0.4) is 0 Å². The molecule has 0 saturated heterocycles. The lowest BCUT2D eigenvalue weighted by atomic mass is 9.87. The van der Waals surface area contributed by atoms with Crippen molar-refractivity contribution in [3.8, 4) is 5.75 Å². The van der Waals surface area contributed by atoms with E-state index in [1.54, 1.807) is 13.3 Å². The quantitative estimate of drug-likeness (QED) is 0.678. The molecule has 0 spiro atoms. The molecular weight excluding hydrogens is 300 g/mol. The Bertz CT molecular complexity index is 736. The molecule has 3 rings (SSSR count). The van der Waals surface area contributed by atoms with Crippen LogP contribution in [0.2, 0.25) is 0 Å². The lowest BCUT2D eigenvalue weighted by Crippen LogP contribution is -2.21. The largest absolute Gasteiger partial charge is 0.497 e. The van der Waals surface area contributed by atoms with Gasteiger partial charge in [-0.15, -0.1) is 0 Å². The second kappa shape index (κ2) is 7.77. The Labute approximate surface area is 142 Å². The van der Waals surface area contributed by atoms with Crippen molar-refractivity contribution in [3.05, 3.63) is 64.7 Å². The monoisotopic (exact) mass is 322 g/mol. The minimum atomic E-state index is -0.0845. The molecule has 4 heteroatoms. The lowest BCUT2D eigenvalue weighted by molar-refractivity contribution is -0.120. The van der Waals surface area contributed by atoms with Crippen LogP contribution in [0.4, 0.5) is 0 Å². The van der Waals surface area contributed by atoms with Crippen LogP contribution < -0.4 is 10.2 Å². The molecule has 2 aromatic rings. The maximum atomic E-state index is 12.1. The van der Waals surface area contributed by atoms with Crippen LogP contribution in [-0.2, 0) is 24.1 Å². The van der Waals surface area contributed by atoms with Gasteiger partial charge in [-0.3, -0.25) is 4.79 Å². The summed E-state index contributed by atoms with van der Waals surface area (Å²) in [5, 5.41) is 4.04. The molecule has 1 aliphatic carbocycles. The van der Waals surface area contributed by atoms with Gasteiger partial charge in [-0.25, -0.2) is 5.43 Å². The number of fused-ring (bicyclic) bond motifs is 1. The predicted molar refractivity (Wildman–Crippen MR) is 95.5 cm³/mol. The number of nitrogens with one attached hydrogen (secondary N) is 1. The molecule has 2 aromatic carbocycles. The zero-order valence-corrected chi connectivity index (χ0v) is 13.9. The van der Waals surface area contributed by atoms with Crippen LogP contribution in [0, 0.1) is 0 Å². The molecule has 0 bridgehead atoms. The molecular formula is C20H22N2O2. The summed E-state index contributed by atoms with van der Waals surface area (Å²) in [6, 6.07) is 13.8. The molecule has 1 aliphatic rings. The van der Waals surface area contributed by atoms with Gasteiger partial charge < -0.3 is 4.74 Å². The van der Waals surface area contributed by atoms with Gasteiger partial charge in [0.25, 0.3) is 0 Å². The van der Waals surface area contributed by atoms with Gasteiger partial charge in [0, 0.05) is 0 Å². The van der Waals surface area contributed by atoms with E-state index < -0.39 is 0 Å². The van der Waals surface area contributed by atoms with Gasteiger partial charge in [-0.2, -0.15) is 5.10 Å². The maximum absolute atomic E-state index is 12.1. The summed E-state index contributed by atoms with van der Waals surface area (Å²) in [6.45, 7) is 0. The van der Waals surface area contributed by atoms with Gasteiger partial charge in [0.1, 0.15) is 5.75 Å². The molecule has 0 aliphatic heterocycles. The number of carbonyl (C=O) groups excluding carboxylic acids is 1. The van der Waals surface area contributed by atoms with Crippen molar-refractivity contribution in [2.24, 2.45) is 5.10 Å². The van der Waals surface area contributed by atoms with Crippen molar-refractivity contribution in [1.29, 1.82) is 0 Å². The summed E-state index contributed by atoms with van der Waals surface area (Å²) < 4.78 is 5.11. The smallest absolute Gasteiger partial charge is 0.244 e. The summed E-state index contributed by atoms with van der Waals surface area (Å²) >= 11 is 0. The Hall–Kier alpha value is -2.62. The average Bonchev–Trinajstić information content (AvgIpc) is 2.63. The van der Waals surface area contributed by atoms with E-state index in [9.17, 15) is 4.79 Å². The molecule has 1 N–H and O–H groups in total. The first-order valence-electron chi connectivity index (χ1n) is 8.32. The summed E-state index contributed by atoms with van der Waals surface area (Å²) in [5.41, 5.74) is 7.41. The van der Waals surface area contributed by atoms with E-state index in [0.717, 1.165) is 29.7 Å². The summed E-state index contributed by atoms with van der Waals surface area (Å²) in [6.07, 6.45) is 6.67. The summed E-state index contributed by atoms with van der Waals surface area (Å²) in [7, 11) is 1.63. The lowest BCUT2D eigenvalue weighted by Gasteiger charge is -2.18. The van der Waals surface area contributed by atoms with Crippen molar-refractivity contribution in [1.82, 2.24) is 5.43 Å². The first kappa shape index (κ1) is 16.2. The summed E-state index contributed by atoms with van der Waals surface area (Å²) in [4.78, 5) is 12.1. The van der Waals surface area contributed by atoms with E-state index in [-0.39, 0.29) is 5.91 Å². The van der Waals surface area contributed by atoms with E-state index in [1.807, 2.05) is 30.3 Å². The molecule has 0 unspecified atom stereocenters. The fourth-order valence-electron chi connectivity index (χ4n) is 3.11. The number of hydrazone groups is 1. The number of hydrogen-bond donors (Lipinski definition) is 1. The maximum Gasteiger partial charge on any atom is 0.244 e. The van der Waals surface area contributed by atoms with Gasteiger partial charge in [0.15, 0.2) is 0 Å². The average molecular weight is 322 g/mol. The van der Waals surface area contributed by atoms with E-state index in [1.165, 1.54) is 24.0 Å². The third-order valence-corrected chi connectivity index (χ3v) is 4.36. The van der Waals surface area contributed by atoms with Crippen molar-refractivity contribution in [3.63, 3.8) is 0 Å². The zero-order chi connectivity index (χ0) is 16.8. The van der Waals surface area contributed by atoms with Crippen LogP contribution in [0.15, 0.2) is 47.6 Å². The van der Waals surface area contributed by atoms with Crippen molar-refractivity contribution >= 4 is 12.1 Å². The number of nitrogens with zero attached hydrogens (tertiary/aromatic N) is 1. The Morgan fingerprint density at radius 2 is 1.96 bits per heavy atom. The number of aryl methyl sites for hydroxylation is 1. The van der Waals surface area contributed by atoms with Crippen LogP contribution in [0.5, 0.6) is 5.75 Å². The minimum absolute atomic E-state index is 0.0845. The predicted octanol–water partition coefficient (Wildman–Crippen LogP) is 3.27. The Balaban J connectivity index is 1.58. The van der Waals surface area contributed by atoms with E-state index in [2.05, 4.69) is 22.7 Å². The summed E-state index contributed by atoms with van der Waals surface area (Å²) in [5.74, 6) is 0.712. The molecule has 1 amide bonds. The van der Waals surface area contributed by atoms with Gasteiger partial charge in [0.05, 0.1) is 19.7 Å². The fraction of sp³-hybridized carbons (Fsp3) is 0.300. The molecule has 0 fully saturated rings. The third-order valence-electron chi connectivity index (χ3n) is 4.36. The van der Waals surface area contributed by atoms with E-state index >= 15 is 0 Å². The Kier molecular flexibility index (Phi) is 5.26. The van der Waals surface area contributed by atoms with Crippen molar-refractivity contribution in [2.75, 3.05) is 7.11 Å². The minimum Gasteiger partial charge on any atom is -0.497 e. The first-order valence-corrected chi connectivity index (χ1v) is 8.32. The van der Waals surface area contributed by atoms with Crippen molar-refractivity contribution in [2.45, 2.75) is 32.1 Å². The Morgan fingerprint density at radius 1 is 1.17 bits per heavy atom. The SMILES string of the molecule is COc1ccc(/C=N/NC(=O)Cc2cccc3c2CCCC3)cc1. The number of hydrogen-bond acceptors (Lipinski definition) is 3. The molecule has 124 valence electrons. The van der Waals surface area contributed by atoms with E-state index in [4.69, 9.17) is 4.74 Å². The molecule has 0 radical (unpaired) electrons. The normalized spacial score (nSPS) is 13.5. The second-order valence-corrected chi connectivity index (χ2v) is 6.01. The van der Waals surface area contributed by atoms with Gasteiger partial charge in [-0.1, -0.05) is 18.2 Å². The number of ether oxygens (including phenoxy) is 1. The number of carbonyl (C=O) groups is 1. The second-order valence-electron chi connectivity index (χ2n) is 6.01. The highest BCUT2D eigenvalue weighted by Gasteiger charge is 2.14. The van der Waals surface area contributed by atoms with Crippen LogP contribution in [-0.4, -0.2) is 19.2 Å². The number of methoxy groups -OCH3 is 1. The van der Waals surface area contributed by atoms with Gasteiger partial charge >= 0.3 is 0 Å². The molecule has 24 heavy (non-hydrogen) atoms. The number of rotatable bonds is 5. The van der Waals surface area contributed by atoms with Gasteiger partial charge in [0.2, 0.25) is 5.91 Å². The highest BCUT2D eigenvalue weighted by Crippen LogP contribution is 2.24. The third kappa shape index (κ3) is 4.02.